The second-order valence-corrected chi connectivity index (χ2v) is 5.37. The van der Waals surface area contributed by atoms with Crippen molar-refractivity contribution in [1.29, 1.82) is 0 Å². The fraction of sp³-hybridized carbons (Fsp3) is 0.357. The Kier molecular flexibility index (Phi) is 4.47. The number of aryl methyl sites for hydroxylation is 3. The molecule has 2 aromatic rings. The molecule has 0 radical (unpaired) electrons. The van der Waals surface area contributed by atoms with Crippen molar-refractivity contribution in [2.45, 2.75) is 26.8 Å². The summed E-state index contributed by atoms with van der Waals surface area (Å²) in [6.45, 7) is 5.62. The minimum absolute atomic E-state index is 0.156. The van der Waals surface area contributed by atoms with E-state index in [4.69, 9.17) is 11.6 Å². The van der Waals surface area contributed by atoms with Crippen LogP contribution in [0.1, 0.15) is 29.8 Å². The van der Waals surface area contributed by atoms with Crippen LogP contribution in [-0.4, -0.2) is 20.8 Å². The lowest BCUT2D eigenvalue weighted by molar-refractivity contribution is 0.249. The molecule has 2 rings (SSSR count). The molecule has 7 heteroatoms. The van der Waals surface area contributed by atoms with E-state index in [1.807, 2.05) is 40.1 Å². The first kappa shape index (κ1) is 15.3. The van der Waals surface area contributed by atoms with E-state index < -0.39 is 0 Å². The molecule has 0 fully saturated rings. The number of nitrogens with one attached hydrogen (secondary N) is 2. The van der Waals surface area contributed by atoms with Crippen LogP contribution in [0.15, 0.2) is 18.5 Å². The standard InChI is InChI=1S/C14H18ClN5O/c1-8-5-9(2)17-13(15)12(8)19-14(21)18-10(3)11-6-16-20(4)7-11/h5-7,10H,1-4H3,(H2,18,19,21)/t10-/m1/s1. The van der Waals surface area contributed by atoms with Crippen molar-refractivity contribution in [3.8, 4) is 0 Å². The van der Waals surface area contributed by atoms with Crippen molar-refractivity contribution in [2.24, 2.45) is 7.05 Å². The van der Waals surface area contributed by atoms with Gasteiger partial charge in [0.25, 0.3) is 0 Å². The number of carbonyl (C=O) groups excluding carboxylic acids is 1. The molecule has 2 N–H and O–H groups in total. The van der Waals surface area contributed by atoms with Crippen LogP contribution in [-0.2, 0) is 7.05 Å². The van der Waals surface area contributed by atoms with E-state index in [0.29, 0.717) is 5.69 Å². The van der Waals surface area contributed by atoms with Gasteiger partial charge in [-0.15, -0.1) is 0 Å². The van der Waals surface area contributed by atoms with Crippen LogP contribution in [0.4, 0.5) is 10.5 Å². The van der Waals surface area contributed by atoms with Gasteiger partial charge in [0.1, 0.15) is 0 Å². The van der Waals surface area contributed by atoms with Gasteiger partial charge in [-0.2, -0.15) is 5.10 Å². The highest BCUT2D eigenvalue weighted by molar-refractivity contribution is 6.32. The maximum Gasteiger partial charge on any atom is 0.319 e. The Morgan fingerprint density at radius 2 is 2.14 bits per heavy atom. The topological polar surface area (TPSA) is 71.8 Å². The zero-order chi connectivity index (χ0) is 15.6. The highest BCUT2D eigenvalue weighted by Crippen LogP contribution is 2.24. The van der Waals surface area contributed by atoms with Gasteiger partial charge in [-0.05, 0) is 32.4 Å². The Bertz CT molecular complexity index is 644. The zero-order valence-electron chi connectivity index (χ0n) is 12.4. The third-order valence-corrected chi connectivity index (χ3v) is 3.39. The van der Waals surface area contributed by atoms with Gasteiger partial charge in [-0.3, -0.25) is 4.68 Å². The second kappa shape index (κ2) is 6.13. The number of aromatic nitrogens is 3. The minimum atomic E-state index is -0.331. The monoisotopic (exact) mass is 307 g/mol. The molecule has 0 bridgehead atoms. The molecule has 1 atom stereocenters. The molecular formula is C14H18ClN5O. The lowest BCUT2D eigenvalue weighted by Crippen LogP contribution is -2.31. The van der Waals surface area contributed by atoms with E-state index in [1.54, 1.807) is 10.9 Å². The lowest BCUT2D eigenvalue weighted by atomic mass is 10.2. The minimum Gasteiger partial charge on any atom is -0.331 e. The summed E-state index contributed by atoms with van der Waals surface area (Å²) < 4.78 is 1.69. The van der Waals surface area contributed by atoms with Crippen LogP contribution in [0.5, 0.6) is 0 Å². The number of carbonyl (C=O) groups is 1. The van der Waals surface area contributed by atoms with E-state index in [0.717, 1.165) is 16.8 Å². The Hall–Kier alpha value is -2.08. The van der Waals surface area contributed by atoms with Crippen molar-refractivity contribution in [3.05, 3.63) is 40.4 Å². The van der Waals surface area contributed by atoms with Crippen LogP contribution < -0.4 is 10.6 Å². The molecular weight excluding hydrogens is 290 g/mol. The molecule has 0 unspecified atom stereocenters. The predicted molar refractivity (Wildman–Crippen MR) is 82.5 cm³/mol. The zero-order valence-corrected chi connectivity index (χ0v) is 13.2. The number of halogens is 1. The summed E-state index contributed by atoms with van der Waals surface area (Å²) in [6.07, 6.45) is 3.58. The molecule has 112 valence electrons. The molecule has 0 aliphatic rings. The first-order valence-electron chi connectivity index (χ1n) is 6.56. The normalized spacial score (nSPS) is 12.0. The van der Waals surface area contributed by atoms with Gasteiger partial charge in [0.2, 0.25) is 0 Å². The number of rotatable bonds is 3. The van der Waals surface area contributed by atoms with Crippen LogP contribution in [0, 0.1) is 13.8 Å². The van der Waals surface area contributed by atoms with E-state index >= 15 is 0 Å². The average molecular weight is 308 g/mol. The Morgan fingerprint density at radius 1 is 1.43 bits per heavy atom. The van der Waals surface area contributed by atoms with Crippen molar-refractivity contribution in [2.75, 3.05) is 5.32 Å². The molecule has 0 saturated carbocycles. The third kappa shape index (κ3) is 3.72. The first-order valence-corrected chi connectivity index (χ1v) is 6.94. The number of urea groups is 1. The predicted octanol–water partition coefficient (Wildman–Crippen LogP) is 2.97. The first-order chi connectivity index (χ1) is 9.86. The van der Waals surface area contributed by atoms with Gasteiger partial charge in [-0.25, -0.2) is 9.78 Å². The van der Waals surface area contributed by atoms with Crippen molar-refractivity contribution < 1.29 is 4.79 Å². The van der Waals surface area contributed by atoms with Gasteiger partial charge in [0.15, 0.2) is 5.15 Å². The summed E-state index contributed by atoms with van der Waals surface area (Å²) in [5, 5.41) is 9.95. The number of anilines is 1. The van der Waals surface area contributed by atoms with Crippen LogP contribution in [0.25, 0.3) is 0 Å². The number of amides is 2. The van der Waals surface area contributed by atoms with Crippen molar-refractivity contribution in [3.63, 3.8) is 0 Å². The average Bonchev–Trinajstić information content (AvgIpc) is 2.80. The summed E-state index contributed by atoms with van der Waals surface area (Å²) in [5.41, 5.74) is 3.14. The molecule has 2 amide bonds. The second-order valence-electron chi connectivity index (χ2n) is 5.01. The fourth-order valence-electron chi connectivity index (χ4n) is 2.03. The third-order valence-electron chi connectivity index (χ3n) is 3.11. The van der Waals surface area contributed by atoms with Crippen LogP contribution in [0.2, 0.25) is 5.15 Å². The highest BCUT2D eigenvalue weighted by atomic mass is 35.5. The van der Waals surface area contributed by atoms with Crippen LogP contribution in [0.3, 0.4) is 0 Å². The van der Waals surface area contributed by atoms with Gasteiger partial charge in [0, 0.05) is 24.5 Å². The summed E-state index contributed by atoms with van der Waals surface area (Å²) in [5.74, 6) is 0. The maximum absolute atomic E-state index is 12.1. The van der Waals surface area contributed by atoms with E-state index in [9.17, 15) is 4.79 Å². The smallest absolute Gasteiger partial charge is 0.319 e. The summed E-state index contributed by atoms with van der Waals surface area (Å²) >= 11 is 6.07. The molecule has 0 aliphatic heterocycles. The molecule has 0 aliphatic carbocycles. The molecule has 0 spiro atoms. The molecule has 0 saturated heterocycles. The lowest BCUT2D eigenvalue weighted by Gasteiger charge is -2.15. The van der Waals surface area contributed by atoms with Gasteiger partial charge in [-0.1, -0.05) is 11.6 Å². The van der Waals surface area contributed by atoms with E-state index in [1.165, 1.54) is 0 Å². The summed E-state index contributed by atoms with van der Waals surface area (Å²) in [6, 6.07) is 1.38. The molecule has 0 aromatic carbocycles. The molecule has 2 aromatic heterocycles. The molecule has 21 heavy (non-hydrogen) atoms. The number of hydrogen-bond donors (Lipinski definition) is 2. The van der Waals surface area contributed by atoms with E-state index in [-0.39, 0.29) is 17.2 Å². The maximum atomic E-state index is 12.1. The number of nitrogens with zero attached hydrogens (tertiary/aromatic N) is 3. The van der Waals surface area contributed by atoms with Crippen molar-refractivity contribution in [1.82, 2.24) is 20.1 Å². The quantitative estimate of drug-likeness (QED) is 0.856. The highest BCUT2D eigenvalue weighted by Gasteiger charge is 2.14. The largest absolute Gasteiger partial charge is 0.331 e. The Labute approximate surface area is 128 Å². The number of hydrogen-bond acceptors (Lipinski definition) is 3. The molecule has 2 heterocycles. The van der Waals surface area contributed by atoms with Gasteiger partial charge >= 0.3 is 6.03 Å². The Balaban J connectivity index is 2.05. The Morgan fingerprint density at radius 3 is 2.71 bits per heavy atom. The van der Waals surface area contributed by atoms with Gasteiger partial charge in [0.05, 0.1) is 17.9 Å². The van der Waals surface area contributed by atoms with Crippen LogP contribution >= 0.6 is 11.6 Å². The summed E-state index contributed by atoms with van der Waals surface area (Å²) in [4.78, 5) is 16.2. The molecule has 6 nitrogen and oxygen atoms in total. The van der Waals surface area contributed by atoms with Gasteiger partial charge < -0.3 is 10.6 Å². The number of pyridine rings is 1. The van der Waals surface area contributed by atoms with Crippen molar-refractivity contribution >= 4 is 23.3 Å². The van der Waals surface area contributed by atoms with E-state index in [2.05, 4.69) is 20.7 Å². The summed E-state index contributed by atoms with van der Waals surface area (Å²) in [7, 11) is 1.83. The fourth-order valence-corrected chi connectivity index (χ4v) is 2.36. The SMILES string of the molecule is Cc1cc(C)c(NC(=O)N[C@H](C)c2cnn(C)c2)c(Cl)n1.